The van der Waals surface area contributed by atoms with Crippen molar-refractivity contribution in [3.63, 3.8) is 0 Å². The number of fused-ring (bicyclic) bond motifs is 2. The van der Waals surface area contributed by atoms with Crippen molar-refractivity contribution >= 4 is 57.8 Å². The van der Waals surface area contributed by atoms with Crippen LogP contribution in [-0.2, 0) is 0 Å². The highest BCUT2D eigenvalue weighted by atomic mass is 32.2. The van der Waals surface area contributed by atoms with Crippen LogP contribution in [-0.4, -0.2) is 24.8 Å². The number of hydrogen-bond acceptors (Lipinski definition) is 8. The van der Waals surface area contributed by atoms with E-state index in [-0.39, 0.29) is 11.6 Å². The van der Waals surface area contributed by atoms with Crippen LogP contribution in [0.4, 0.5) is 22.7 Å². The molecule has 5 aliphatic rings. The predicted molar refractivity (Wildman–Crippen MR) is 486 cm³/mol. The van der Waals surface area contributed by atoms with Crippen LogP contribution in [0.25, 0.3) is 22.3 Å². The standard InChI is InChI=1S/C106H138N2O4S2/c1-9-13-17-19-21-25-29-79-39-43-83(44-40-79)85-47-51-87(52-48-85)89-55-59-93(60-56-89)113-97-65-66-98(114-94-61-57-90(58-62-94)88-53-49-86(50-54-88)84-45-41-80(42-46-84)30-26-22-20-18-14-10-2)102-101(97)103(109)99-95(107-91-67-73(5)105(74(6)68-91)111-71-81-35-31-77(32-36-81)27-23-15-11-3)63-64-96(100(99)104(102)110)108-92-69-75(7)106(76(8)70-92)112-72-82-37-33-78(34-38-82)28-24-16-12-4/h47-70,77-84,107-108H,9-46,71-72H2,1-8H3. The van der Waals surface area contributed by atoms with Gasteiger partial charge in [0, 0.05) is 42.1 Å². The van der Waals surface area contributed by atoms with Crippen molar-refractivity contribution in [1.82, 2.24) is 0 Å². The third-order valence-corrected chi connectivity index (χ3v) is 29.4. The second-order valence-corrected chi connectivity index (χ2v) is 38.2. The molecule has 2 N–H and O–H groups in total. The summed E-state index contributed by atoms with van der Waals surface area (Å²) in [7, 11) is 0. The Labute approximate surface area is 697 Å². The van der Waals surface area contributed by atoms with E-state index in [0.717, 1.165) is 113 Å². The Morgan fingerprint density at radius 1 is 0.307 bits per heavy atom. The van der Waals surface area contributed by atoms with Gasteiger partial charge < -0.3 is 20.1 Å². The molecule has 0 aliphatic heterocycles. The lowest BCUT2D eigenvalue weighted by atomic mass is 9.77. The van der Waals surface area contributed by atoms with Crippen molar-refractivity contribution in [2.75, 3.05) is 23.8 Å². The Morgan fingerprint density at radius 3 is 0.904 bits per heavy atom. The van der Waals surface area contributed by atoms with E-state index >= 15 is 9.59 Å². The van der Waals surface area contributed by atoms with Crippen LogP contribution < -0.4 is 20.1 Å². The minimum atomic E-state index is -0.182. The molecule has 0 radical (unpaired) electrons. The minimum Gasteiger partial charge on any atom is -0.493 e. The summed E-state index contributed by atoms with van der Waals surface area (Å²) in [5.74, 6) is 7.37. The number of aryl methyl sites for hydroxylation is 4. The molecule has 0 bridgehead atoms. The lowest BCUT2D eigenvalue weighted by molar-refractivity contribution is 0.0976. The third kappa shape index (κ3) is 22.8. The van der Waals surface area contributed by atoms with E-state index in [9.17, 15) is 0 Å². The molecule has 13 rings (SSSR count). The second-order valence-electron chi connectivity index (χ2n) is 35.9. The Hall–Kier alpha value is -7.00. The predicted octanol–water partition coefficient (Wildman–Crippen LogP) is 32.4. The summed E-state index contributed by atoms with van der Waals surface area (Å²) in [5.41, 5.74) is 16.3. The van der Waals surface area contributed by atoms with Gasteiger partial charge in [-0.25, -0.2) is 0 Å². The fourth-order valence-electron chi connectivity index (χ4n) is 20.2. The number of ketones is 2. The number of ether oxygens (including phenoxy) is 2. The van der Waals surface area contributed by atoms with E-state index in [4.69, 9.17) is 9.47 Å². The Bertz CT molecular complexity index is 4030. The maximum absolute atomic E-state index is 16.6. The summed E-state index contributed by atoms with van der Waals surface area (Å²) in [6, 6.07) is 53.1. The van der Waals surface area contributed by atoms with Crippen molar-refractivity contribution in [2.24, 2.45) is 35.5 Å². The Balaban J connectivity index is 0.784. The fraction of sp³-hybridized carbons (Fsp3) is 0.528. The van der Waals surface area contributed by atoms with Gasteiger partial charge in [-0.2, -0.15) is 0 Å². The van der Waals surface area contributed by atoms with Crippen molar-refractivity contribution in [3.8, 4) is 33.8 Å². The first kappa shape index (κ1) is 84.9. The van der Waals surface area contributed by atoms with Gasteiger partial charge in [-0.05, 0) is 281 Å². The van der Waals surface area contributed by atoms with E-state index in [1.165, 1.54) is 266 Å². The average molecular weight is 1570 g/mol. The summed E-state index contributed by atoms with van der Waals surface area (Å²) in [5, 5.41) is 7.55. The quantitative estimate of drug-likeness (QED) is 0.0368. The molecule has 114 heavy (non-hydrogen) atoms. The first-order valence-electron chi connectivity index (χ1n) is 46.0. The van der Waals surface area contributed by atoms with E-state index < -0.39 is 0 Å². The molecule has 0 heterocycles. The molecular formula is C106H138N2O4S2. The average Bonchev–Trinajstić information content (AvgIpc) is 0.722. The Kier molecular flexibility index (Phi) is 32.0. The SMILES string of the molecule is CCCCCCCCC1CCC(c2ccc(-c3ccc(Sc4ccc(Sc5ccc(-c6ccc(C7CCC(CCCCCCCC)CC7)cc6)cc5)c5c4C(=O)c4c(Nc6cc(C)c(OCC7CCC(CCCCC)CC7)c(C)c6)ccc(Nc6cc(C)c(OCC7CCC(CCCCC)CC7)c(C)c6)c4C5=O)cc3)cc2)CC1. The topological polar surface area (TPSA) is 76.7 Å². The largest absolute Gasteiger partial charge is 0.493 e. The molecule has 5 aliphatic carbocycles. The van der Waals surface area contributed by atoms with Gasteiger partial charge in [-0.3, -0.25) is 9.59 Å². The van der Waals surface area contributed by atoms with E-state index in [0.29, 0.717) is 57.3 Å². The summed E-state index contributed by atoms with van der Waals surface area (Å²) in [4.78, 5) is 36.8. The van der Waals surface area contributed by atoms with Gasteiger partial charge in [0.05, 0.1) is 35.7 Å². The van der Waals surface area contributed by atoms with Gasteiger partial charge in [-0.1, -0.05) is 291 Å². The smallest absolute Gasteiger partial charge is 0.197 e. The van der Waals surface area contributed by atoms with Crippen LogP contribution in [0, 0.1) is 63.2 Å². The van der Waals surface area contributed by atoms with Gasteiger partial charge in [0.2, 0.25) is 0 Å². The molecule has 4 saturated carbocycles. The molecule has 8 aromatic carbocycles. The highest BCUT2D eigenvalue weighted by Gasteiger charge is 2.39. The molecule has 0 atom stereocenters. The number of hydrogen-bond donors (Lipinski definition) is 2. The van der Waals surface area contributed by atoms with Crippen LogP contribution in [0.1, 0.15) is 349 Å². The zero-order chi connectivity index (χ0) is 79.1. The highest BCUT2D eigenvalue weighted by Crippen LogP contribution is 2.49. The summed E-state index contributed by atoms with van der Waals surface area (Å²) in [6.07, 6.45) is 50.7. The van der Waals surface area contributed by atoms with Gasteiger partial charge in [0.1, 0.15) is 11.5 Å². The number of carbonyl (C=O) groups is 2. The first-order chi connectivity index (χ1) is 55.8. The summed E-state index contributed by atoms with van der Waals surface area (Å²) in [6.45, 7) is 19.2. The molecule has 6 nitrogen and oxygen atoms in total. The van der Waals surface area contributed by atoms with Gasteiger partial charge in [-0.15, -0.1) is 0 Å². The molecule has 0 amide bonds. The number of unbranched alkanes of at least 4 members (excludes halogenated alkanes) is 14. The normalized spacial score (nSPS) is 20.3. The number of benzene rings is 8. The maximum atomic E-state index is 16.6. The monoisotopic (exact) mass is 1570 g/mol. The first-order valence-corrected chi connectivity index (χ1v) is 47.6. The van der Waals surface area contributed by atoms with Gasteiger partial charge in [0.15, 0.2) is 11.6 Å². The van der Waals surface area contributed by atoms with Crippen molar-refractivity contribution in [2.45, 2.75) is 331 Å². The minimum absolute atomic E-state index is 0.182. The van der Waals surface area contributed by atoms with Crippen LogP contribution in [0.3, 0.4) is 0 Å². The summed E-state index contributed by atoms with van der Waals surface area (Å²) < 4.78 is 13.5. The highest BCUT2D eigenvalue weighted by molar-refractivity contribution is 8.00. The van der Waals surface area contributed by atoms with Crippen LogP contribution in [0.2, 0.25) is 0 Å². The van der Waals surface area contributed by atoms with Crippen LogP contribution in [0.15, 0.2) is 165 Å². The molecule has 8 aromatic rings. The molecular weight excluding hydrogens is 1430 g/mol. The lowest BCUT2D eigenvalue weighted by Crippen LogP contribution is -2.25. The zero-order valence-electron chi connectivity index (χ0n) is 71.2. The van der Waals surface area contributed by atoms with Crippen LogP contribution >= 0.6 is 23.5 Å². The molecule has 608 valence electrons. The van der Waals surface area contributed by atoms with Crippen LogP contribution in [0.5, 0.6) is 11.5 Å². The van der Waals surface area contributed by atoms with E-state index in [2.05, 4.69) is 199 Å². The Morgan fingerprint density at radius 2 is 0.579 bits per heavy atom. The van der Waals surface area contributed by atoms with Gasteiger partial charge >= 0.3 is 0 Å². The molecule has 0 spiro atoms. The number of rotatable bonds is 40. The molecule has 0 unspecified atom stereocenters. The van der Waals surface area contributed by atoms with Crippen molar-refractivity contribution < 1.29 is 19.1 Å². The number of anilines is 4. The zero-order valence-corrected chi connectivity index (χ0v) is 72.8. The molecule has 8 heteroatoms. The lowest BCUT2D eigenvalue weighted by Gasteiger charge is -2.29. The fourth-order valence-corrected chi connectivity index (χ4v) is 22.2. The second kappa shape index (κ2) is 42.9. The third-order valence-electron chi connectivity index (χ3n) is 27.2. The van der Waals surface area contributed by atoms with E-state index in [1.54, 1.807) is 23.5 Å². The van der Waals surface area contributed by atoms with E-state index in [1.807, 2.05) is 12.1 Å². The summed E-state index contributed by atoms with van der Waals surface area (Å²) >= 11 is 3.13. The van der Waals surface area contributed by atoms with Gasteiger partial charge in [0.25, 0.3) is 0 Å². The van der Waals surface area contributed by atoms with Crippen molar-refractivity contribution in [1.29, 1.82) is 0 Å². The number of carbonyl (C=O) groups excluding carboxylic acids is 2. The molecule has 0 aromatic heterocycles. The maximum Gasteiger partial charge on any atom is 0.197 e. The number of nitrogens with one attached hydrogen (secondary N) is 2. The molecule has 4 fully saturated rings. The van der Waals surface area contributed by atoms with Crippen molar-refractivity contribution in [3.05, 3.63) is 201 Å². The molecule has 0 saturated heterocycles.